The molecule has 90 valence electrons. The van der Waals surface area contributed by atoms with Gasteiger partial charge >= 0.3 is 0 Å². The highest BCUT2D eigenvalue weighted by Crippen LogP contribution is 2.28. The summed E-state index contributed by atoms with van der Waals surface area (Å²) in [4.78, 5) is 3.71. The van der Waals surface area contributed by atoms with Crippen LogP contribution in [0.4, 0.5) is 14.6 Å². The maximum absolute atomic E-state index is 13.3. The summed E-state index contributed by atoms with van der Waals surface area (Å²) in [5.74, 6) is 3.28. The molecule has 0 aliphatic heterocycles. The van der Waals surface area contributed by atoms with Crippen molar-refractivity contribution in [2.24, 2.45) is 5.84 Å². The molecule has 1 aromatic rings. The van der Waals surface area contributed by atoms with Crippen molar-refractivity contribution in [1.29, 1.82) is 0 Å². The second-order valence-electron chi connectivity index (χ2n) is 3.19. The quantitative estimate of drug-likeness (QED) is 0.419. The largest absolute Gasteiger partial charge is 0.396 e. The molecule has 1 unspecified atom stereocenters. The zero-order chi connectivity index (χ0) is 12.1. The standard InChI is InChI=1S/C9H13F2N3OS/c1-5(2-3-15)16-9-7(11)4-6(10)8(13-9)14-12/h4-5,15H,2-3,12H2,1H3,(H,13,14). The number of hydrogen-bond acceptors (Lipinski definition) is 5. The van der Waals surface area contributed by atoms with Crippen molar-refractivity contribution in [3.63, 3.8) is 0 Å². The number of nitrogens with one attached hydrogen (secondary N) is 1. The summed E-state index contributed by atoms with van der Waals surface area (Å²) >= 11 is 1.12. The van der Waals surface area contributed by atoms with Gasteiger partial charge in [0.1, 0.15) is 5.03 Å². The van der Waals surface area contributed by atoms with Crippen molar-refractivity contribution in [3.8, 4) is 0 Å². The maximum Gasteiger partial charge on any atom is 0.177 e. The average Bonchev–Trinajstić information content (AvgIpc) is 2.22. The first-order chi connectivity index (χ1) is 7.58. The molecule has 0 fully saturated rings. The third kappa shape index (κ3) is 3.29. The van der Waals surface area contributed by atoms with E-state index in [0.717, 1.165) is 17.8 Å². The van der Waals surface area contributed by atoms with E-state index in [0.29, 0.717) is 6.42 Å². The van der Waals surface area contributed by atoms with E-state index in [-0.39, 0.29) is 22.7 Å². The van der Waals surface area contributed by atoms with Crippen LogP contribution in [0.5, 0.6) is 0 Å². The molecule has 0 radical (unpaired) electrons. The van der Waals surface area contributed by atoms with E-state index in [2.05, 4.69) is 10.4 Å². The van der Waals surface area contributed by atoms with E-state index in [1.54, 1.807) is 0 Å². The molecule has 0 aromatic carbocycles. The molecule has 0 spiro atoms. The summed E-state index contributed by atoms with van der Waals surface area (Å²) in [6, 6.07) is 0.732. The van der Waals surface area contributed by atoms with Crippen LogP contribution in [-0.4, -0.2) is 21.9 Å². The topological polar surface area (TPSA) is 71.2 Å². The van der Waals surface area contributed by atoms with Crippen molar-refractivity contribution in [1.82, 2.24) is 4.98 Å². The number of nitrogen functional groups attached to an aromatic ring is 1. The second kappa shape index (κ2) is 5.97. The highest BCUT2D eigenvalue weighted by molar-refractivity contribution is 7.99. The lowest BCUT2D eigenvalue weighted by Gasteiger charge is -2.10. The average molecular weight is 249 g/mol. The Morgan fingerprint density at radius 2 is 2.25 bits per heavy atom. The second-order valence-corrected chi connectivity index (χ2v) is 4.62. The Hall–Kier alpha value is -0.920. The van der Waals surface area contributed by atoms with E-state index in [4.69, 9.17) is 10.9 Å². The summed E-state index contributed by atoms with van der Waals surface area (Å²) in [7, 11) is 0. The number of nitrogens with two attached hydrogens (primary N) is 1. The Morgan fingerprint density at radius 1 is 1.56 bits per heavy atom. The number of halogens is 2. The first-order valence-corrected chi connectivity index (χ1v) is 5.56. The monoisotopic (exact) mass is 249 g/mol. The van der Waals surface area contributed by atoms with E-state index in [9.17, 15) is 8.78 Å². The molecule has 0 saturated heterocycles. The molecular weight excluding hydrogens is 236 g/mol. The maximum atomic E-state index is 13.3. The number of aromatic nitrogens is 1. The van der Waals surface area contributed by atoms with Crippen molar-refractivity contribution < 1.29 is 13.9 Å². The molecule has 1 atom stereocenters. The molecule has 1 aromatic heterocycles. The molecule has 0 bridgehead atoms. The zero-order valence-electron chi connectivity index (χ0n) is 8.70. The first-order valence-electron chi connectivity index (χ1n) is 4.68. The van der Waals surface area contributed by atoms with Gasteiger partial charge in [0.05, 0.1) is 0 Å². The molecule has 1 rings (SSSR count). The van der Waals surface area contributed by atoms with Gasteiger partial charge in [-0.3, -0.25) is 0 Å². The van der Waals surface area contributed by atoms with Crippen LogP contribution >= 0.6 is 11.8 Å². The van der Waals surface area contributed by atoms with Gasteiger partial charge < -0.3 is 10.5 Å². The fraction of sp³-hybridized carbons (Fsp3) is 0.444. The van der Waals surface area contributed by atoms with Crippen LogP contribution in [0.1, 0.15) is 13.3 Å². The third-order valence-corrected chi connectivity index (χ3v) is 3.03. The normalized spacial score (nSPS) is 12.6. The molecule has 16 heavy (non-hydrogen) atoms. The van der Waals surface area contributed by atoms with Crippen LogP contribution < -0.4 is 11.3 Å². The third-order valence-electron chi connectivity index (χ3n) is 1.88. The highest BCUT2D eigenvalue weighted by atomic mass is 32.2. The van der Waals surface area contributed by atoms with Gasteiger partial charge in [-0.25, -0.2) is 19.6 Å². The molecule has 0 aliphatic carbocycles. The Morgan fingerprint density at radius 3 is 2.81 bits per heavy atom. The summed E-state index contributed by atoms with van der Waals surface area (Å²) in [6.45, 7) is 1.83. The molecule has 4 N–H and O–H groups in total. The van der Waals surface area contributed by atoms with Crippen LogP contribution in [-0.2, 0) is 0 Å². The van der Waals surface area contributed by atoms with E-state index in [1.807, 2.05) is 6.92 Å². The van der Waals surface area contributed by atoms with E-state index >= 15 is 0 Å². The number of hydrogen-bond donors (Lipinski definition) is 3. The zero-order valence-corrected chi connectivity index (χ0v) is 9.52. The number of thioether (sulfide) groups is 1. The van der Waals surface area contributed by atoms with Crippen molar-refractivity contribution in [2.45, 2.75) is 23.6 Å². The van der Waals surface area contributed by atoms with Crippen LogP contribution in [0, 0.1) is 11.6 Å². The number of nitrogens with zero attached hydrogens (tertiary/aromatic N) is 1. The van der Waals surface area contributed by atoms with Gasteiger partial charge in [-0.2, -0.15) is 0 Å². The minimum Gasteiger partial charge on any atom is -0.396 e. The summed E-state index contributed by atoms with van der Waals surface area (Å²) in [6.07, 6.45) is 0.508. The first kappa shape index (κ1) is 13.1. The SMILES string of the molecule is CC(CCO)Sc1nc(NN)c(F)cc1F. The predicted molar refractivity (Wildman–Crippen MR) is 59.0 cm³/mol. The van der Waals surface area contributed by atoms with Gasteiger partial charge in [0.25, 0.3) is 0 Å². The molecule has 1 heterocycles. The van der Waals surface area contributed by atoms with Crippen LogP contribution in [0.25, 0.3) is 0 Å². The smallest absolute Gasteiger partial charge is 0.177 e. The van der Waals surface area contributed by atoms with Crippen LogP contribution in [0.15, 0.2) is 11.1 Å². The molecule has 0 aliphatic rings. The minimum atomic E-state index is -0.834. The number of pyridine rings is 1. The van der Waals surface area contributed by atoms with Crippen molar-refractivity contribution in [3.05, 3.63) is 17.7 Å². The van der Waals surface area contributed by atoms with E-state index in [1.165, 1.54) is 0 Å². The van der Waals surface area contributed by atoms with Crippen LogP contribution in [0.2, 0.25) is 0 Å². The lowest BCUT2D eigenvalue weighted by Crippen LogP contribution is -2.12. The Bertz CT molecular complexity index is 365. The number of aliphatic hydroxyl groups is 1. The molecule has 0 saturated carbocycles. The summed E-state index contributed by atoms with van der Waals surface area (Å²) in [5, 5.41) is 8.76. The van der Waals surface area contributed by atoms with Gasteiger partial charge in [0, 0.05) is 17.9 Å². The number of anilines is 1. The molecule has 7 heteroatoms. The molecule has 4 nitrogen and oxygen atoms in total. The van der Waals surface area contributed by atoms with Crippen molar-refractivity contribution in [2.75, 3.05) is 12.0 Å². The van der Waals surface area contributed by atoms with Gasteiger partial charge in [-0.15, -0.1) is 11.8 Å². The Kier molecular flexibility index (Phi) is 4.91. The number of rotatable bonds is 5. The lowest BCUT2D eigenvalue weighted by atomic mass is 10.3. The van der Waals surface area contributed by atoms with Gasteiger partial charge in [0.2, 0.25) is 0 Å². The number of hydrazine groups is 1. The van der Waals surface area contributed by atoms with E-state index < -0.39 is 11.6 Å². The Labute approximate surface area is 96.2 Å². The van der Waals surface area contributed by atoms with Crippen molar-refractivity contribution >= 4 is 17.6 Å². The molecular formula is C9H13F2N3OS. The van der Waals surface area contributed by atoms with Gasteiger partial charge in [-0.1, -0.05) is 6.92 Å². The minimum absolute atomic E-state index is 0.0110. The van der Waals surface area contributed by atoms with Gasteiger partial charge in [-0.05, 0) is 6.42 Å². The lowest BCUT2D eigenvalue weighted by molar-refractivity contribution is 0.289. The van der Waals surface area contributed by atoms with Crippen LogP contribution in [0.3, 0.4) is 0 Å². The summed E-state index contributed by atoms with van der Waals surface area (Å²) in [5.41, 5.74) is 2.05. The highest BCUT2D eigenvalue weighted by Gasteiger charge is 2.14. The fourth-order valence-corrected chi connectivity index (χ4v) is 1.98. The fourth-order valence-electron chi connectivity index (χ4n) is 1.06. The summed E-state index contributed by atoms with van der Waals surface area (Å²) < 4.78 is 26.3. The molecule has 0 amide bonds. The number of aliphatic hydroxyl groups excluding tert-OH is 1. The predicted octanol–water partition coefficient (Wildman–Crippen LogP) is 1.51. The Balaban J connectivity index is 2.87. The van der Waals surface area contributed by atoms with Gasteiger partial charge in [0.15, 0.2) is 17.5 Å².